The minimum Gasteiger partial charge on any atom is 2.00 e. The zero-order valence-electron chi connectivity index (χ0n) is 3.01. The average molecular weight is 194 g/mol. The summed E-state index contributed by atoms with van der Waals surface area (Å²) in [4.78, 5) is 0. The molecule has 0 spiro atoms. The van der Waals surface area contributed by atoms with Crippen LogP contribution in [0.3, 0.4) is 0 Å². The van der Waals surface area contributed by atoms with E-state index < -0.39 is 18.6 Å². The van der Waals surface area contributed by atoms with E-state index in [1.54, 1.807) is 0 Å². The van der Waals surface area contributed by atoms with E-state index in [0.29, 0.717) is 0 Å². The number of rotatable bonds is 0. The maximum atomic E-state index is 8.58. The number of hydrogen-bond acceptors (Lipinski definition) is 3. The maximum absolute atomic E-state index is 8.58. The minimum atomic E-state index is -4.08. The molecule has 6 heteroatoms. The first-order valence-corrected chi connectivity index (χ1v) is 2.52. The molecule has 0 rings (SSSR count). The molecular formula is BO3SrTi. The second kappa shape index (κ2) is 10.1. The fourth-order valence-electron chi connectivity index (χ4n) is 0. The molecule has 0 aliphatic heterocycles. The molecule has 0 aromatic heterocycles. The van der Waals surface area contributed by atoms with Gasteiger partial charge in [0.2, 0.25) is 0 Å². The Kier molecular flexibility index (Phi) is 26.3. The van der Waals surface area contributed by atoms with E-state index >= 15 is 0 Å². The smallest absolute Gasteiger partial charge is 2.00 e. The van der Waals surface area contributed by atoms with Crippen LogP contribution < -0.4 is 7.38 Å². The van der Waals surface area contributed by atoms with Gasteiger partial charge in [-0.1, -0.05) is 0 Å². The van der Waals surface area contributed by atoms with Crippen LogP contribution in [-0.2, 0) is 21.9 Å². The molecule has 0 fully saturated rings. The molecule has 0 aromatic carbocycles. The molecule has 6 heavy (non-hydrogen) atoms. The van der Waals surface area contributed by atoms with Crippen LogP contribution in [0.5, 0.6) is 0 Å². The van der Waals surface area contributed by atoms with Gasteiger partial charge in [-0.15, -0.1) is 0 Å². The van der Waals surface area contributed by atoms with E-state index in [1.807, 2.05) is 0 Å². The first-order chi connectivity index (χ1) is 1.73. The van der Waals surface area contributed by atoms with E-state index in [4.69, 9.17) is 10.7 Å². The molecule has 0 N–H and O–H groups in total. The van der Waals surface area contributed by atoms with Gasteiger partial charge in [0.25, 0.3) is 0 Å². The summed E-state index contributed by atoms with van der Waals surface area (Å²) < 4.78 is 25.8. The van der Waals surface area contributed by atoms with Crippen molar-refractivity contribution in [2.75, 3.05) is 0 Å². The third kappa shape index (κ3) is 37.8. The van der Waals surface area contributed by atoms with Gasteiger partial charge in [-0.2, -0.15) is 0 Å². The van der Waals surface area contributed by atoms with E-state index in [-0.39, 0.29) is 53.9 Å². The third-order valence-electron chi connectivity index (χ3n) is 0. The Balaban J connectivity index is -0.0000000450. The summed E-state index contributed by atoms with van der Waals surface area (Å²) >= 11 is -4.08. The standard InChI is InChI=1S/B.3O.Sr.Ti/q;;2*-1;+2;. The Morgan fingerprint density at radius 2 is 1.33 bits per heavy atom. The molecule has 0 heterocycles. The van der Waals surface area contributed by atoms with Crippen molar-refractivity contribution in [1.82, 2.24) is 0 Å². The van der Waals surface area contributed by atoms with E-state index in [2.05, 4.69) is 0 Å². The van der Waals surface area contributed by atoms with Gasteiger partial charge in [-0.05, 0) is 0 Å². The summed E-state index contributed by atoms with van der Waals surface area (Å²) in [7, 11) is 0. The van der Waals surface area contributed by atoms with Gasteiger partial charge in [0.1, 0.15) is 0 Å². The summed E-state index contributed by atoms with van der Waals surface area (Å²) in [6, 6.07) is 0. The van der Waals surface area contributed by atoms with Gasteiger partial charge >= 0.3 is 74.8 Å². The molecule has 27 valence electrons. The molecule has 0 amide bonds. The molecular weight excluding hydrogens is 194 g/mol. The topological polar surface area (TPSA) is 63.2 Å². The first-order valence-electron chi connectivity index (χ1n) is 0.612. The van der Waals surface area contributed by atoms with Crippen molar-refractivity contribution in [3.63, 3.8) is 0 Å². The zero-order valence-corrected chi connectivity index (χ0v) is 8.05. The molecule has 3 nitrogen and oxygen atoms in total. The predicted molar refractivity (Wildman–Crippen MR) is 12.2 cm³/mol. The molecule has 0 bridgehead atoms. The average Bonchev–Trinajstić information content (AvgIpc) is 0.811. The largest absolute Gasteiger partial charge is 2.00 e. The van der Waals surface area contributed by atoms with E-state index in [1.165, 1.54) is 0 Å². The van der Waals surface area contributed by atoms with Crippen LogP contribution in [0.2, 0.25) is 0 Å². The van der Waals surface area contributed by atoms with Crippen molar-refractivity contribution >= 4 is 53.9 Å². The molecule has 0 saturated heterocycles. The van der Waals surface area contributed by atoms with E-state index in [9.17, 15) is 0 Å². The fourth-order valence-corrected chi connectivity index (χ4v) is 0. The van der Waals surface area contributed by atoms with Crippen LogP contribution in [0.4, 0.5) is 0 Å². The van der Waals surface area contributed by atoms with Gasteiger partial charge < -0.3 is 0 Å². The summed E-state index contributed by atoms with van der Waals surface area (Å²) in [6.07, 6.45) is 0. The molecule has 0 unspecified atom stereocenters. The molecule has 0 aliphatic carbocycles. The van der Waals surface area contributed by atoms with Gasteiger partial charge in [0.05, 0.1) is 0 Å². The maximum Gasteiger partial charge on any atom is 2.00 e. The Morgan fingerprint density at radius 1 is 1.33 bits per heavy atom. The van der Waals surface area contributed by atoms with Crippen molar-refractivity contribution in [3.05, 3.63) is 0 Å². The van der Waals surface area contributed by atoms with Gasteiger partial charge in [-0.25, -0.2) is 0 Å². The SMILES string of the molecule is [B].[O]=[Ti]([O-])[O-].[Sr+2]. The monoisotopic (exact) mass is 195 g/mol. The van der Waals surface area contributed by atoms with Crippen LogP contribution >= 0.6 is 0 Å². The number of hydrogen-bond donors (Lipinski definition) is 0. The van der Waals surface area contributed by atoms with Gasteiger partial charge in [0, 0.05) is 8.41 Å². The molecule has 0 atom stereocenters. The Bertz CT molecular complexity index is 33.8. The second-order valence-electron chi connectivity index (χ2n) is 0.250. The summed E-state index contributed by atoms with van der Waals surface area (Å²) in [5, 5.41) is 0. The molecule has 0 aromatic rings. The Morgan fingerprint density at radius 3 is 1.33 bits per heavy atom. The molecule has 3 radical (unpaired) electrons. The zero-order chi connectivity index (χ0) is 3.58. The van der Waals surface area contributed by atoms with Crippen molar-refractivity contribution in [3.8, 4) is 0 Å². The van der Waals surface area contributed by atoms with Crippen LogP contribution in [0.1, 0.15) is 0 Å². The van der Waals surface area contributed by atoms with Crippen LogP contribution in [0.15, 0.2) is 0 Å². The second-order valence-corrected chi connectivity index (χ2v) is 1.03. The Hall–Kier alpha value is 1.98. The van der Waals surface area contributed by atoms with Gasteiger partial charge in [0.15, 0.2) is 0 Å². The quantitative estimate of drug-likeness (QED) is 0.380. The fraction of sp³-hybridized carbons (Fsp3) is 0. The van der Waals surface area contributed by atoms with Crippen molar-refractivity contribution in [2.24, 2.45) is 0 Å². The summed E-state index contributed by atoms with van der Waals surface area (Å²) in [5.41, 5.74) is 0. The predicted octanol–water partition coefficient (Wildman–Crippen LogP) is -3.26. The van der Waals surface area contributed by atoms with Crippen molar-refractivity contribution in [1.29, 1.82) is 0 Å². The van der Waals surface area contributed by atoms with E-state index in [0.717, 1.165) is 0 Å². The summed E-state index contributed by atoms with van der Waals surface area (Å²) in [5.74, 6) is 0. The van der Waals surface area contributed by atoms with Crippen LogP contribution in [0, 0.1) is 0 Å². The van der Waals surface area contributed by atoms with Crippen LogP contribution in [-0.4, -0.2) is 53.9 Å². The normalized spacial score (nSPS) is 4.33. The van der Waals surface area contributed by atoms with Crippen molar-refractivity contribution in [2.45, 2.75) is 0 Å². The van der Waals surface area contributed by atoms with Crippen LogP contribution in [0.25, 0.3) is 0 Å². The minimum absolute atomic E-state index is 0. The Labute approximate surface area is 81.7 Å². The summed E-state index contributed by atoms with van der Waals surface area (Å²) in [6.45, 7) is 0. The molecule has 0 aliphatic rings. The first kappa shape index (κ1) is 15.7. The molecule has 0 saturated carbocycles. The van der Waals surface area contributed by atoms with Crippen molar-refractivity contribution < 1.29 is 29.3 Å². The third-order valence-corrected chi connectivity index (χ3v) is 0. The van der Waals surface area contributed by atoms with Gasteiger partial charge in [-0.3, -0.25) is 0 Å².